The number of aromatic nitrogens is 1. The van der Waals surface area contributed by atoms with Crippen molar-refractivity contribution in [1.82, 2.24) is 4.98 Å². The van der Waals surface area contributed by atoms with Crippen LogP contribution in [0.1, 0.15) is 11.4 Å². The van der Waals surface area contributed by atoms with Crippen molar-refractivity contribution in [2.45, 2.75) is 19.4 Å². The summed E-state index contributed by atoms with van der Waals surface area (Å²) in [6, 6.07) is 5.67. The van der Waals surface area contributed by atoms with Crippen molar-refractivity contribution in [3.8, 4) is 12.3 Å². The van der Waals surface area contributed by atoms with Gasteiger partial charge in [0.1, 0.15) is 6.10 Å². The molecule has 0 aliphatic rings. The van der Waals surface area contributed by atoms with Gasteiger partial charge in [-0.1, -0.05) is 12.0 Å². The molecule has 0 aromatic carbocycles. The predicted octanol–water partition coefficient (Wildman–Crippen LogP) is 0.927. The van der Waals surface area contributed by atoms with E-state index in [4.69, 9.17) is 11.5 Å². The summed E-state index contributed by atoms with van der Waals surface area (Å²) in [5, 5.41) is 9.13. The first kappa shape index (κ1) is 8.76. The van der Waals surface area contributed by atoms with Crippen molar-refractivity contribution < 1.29 is 5.11 Å². The lowest BCUT2D eigenvalue weighted by molar-refractivity contribution is 0.232. The molecule has 0 saturated heterocycles. The molecule has 12 heavy (non-hydrogen) atoms. The highest BCUT2D eigenvalue weighted by molar-refractivity contribution is 5.12. The van der Waals surface area contributed by atoms with Crippen molar-refractivity contribution in [2.24, 2.45) is 0 Å². The van der Waals surface area contributed by atoms with Crippen molar-refractivity contribution in [2.75, 3.05) is 0 Å². The number of hydrogen-bond donors (Lipinski definition) is 1. The SMILES string of the molecule is C#CC(O)Cc1cccc(C)n1. The molecule has 62 valence electrons. The molecule has 2 nitrogen and oxygen atoms in total. The van der Waals surface area contributed by atoms with Gasteiger partial charge in [-0.3, -0.25) is 4.98 Å². The van der Waals surface area contributed by atoms with Gasteiger partial charge in [0.2, 0.25) is 0 Å². The fourth-order valence-electron chi connectivity index (χ4n) is 0.970. The molecule has 0 bridgehead atoms. The molecule has 0 aliphatic heterocycles. The Bertz CT molecular complexity index is 301. The number of aryl methyl sites for hydroxylation is 1. The normalized spacial score (nSPS) is 12.1. The van der Waals surface area contributed by atoms with Crippen molar-refractivity contribution in [1.29, 1.82) is 0 Å². The minimum absolute atomic E-state index is 0.429. The van der Waals surface area contributed by atoms with E-state index in [-0.39, 0.29) is 0 Å². The highest BCUT2D eigenvalue weighted by atomic mass is 16.3. The number of aliphatic hydroxyl groups is 1. The van der Waals surface area contributed by atoms with Crippen LogP contribution < -0.4 is 0 Å². The smallest absolute Gasteiger partial charge is 0.120 e. The lowest BCUT2D eigenvalue weighted by Gasteiger charge is -2.02. The number of terminal acetylenes is 1. The van der Waals surface area contributed by atoms with Gasteiger partial charge in [-0.05, 0) is 19.1 Å². The Morgan fingerprint density at radius 2 is 2.42 bits per heavy atom. The summed E-state index contributed by atoms with van der Waals surface area (Å²) in [5.74, 6) is 2.25. The van der Waals surface area contributed by atoms with Crippen LogP contribution in [0.4, 0.5) is 0 Å². The van der Waals surface area contributed by atoms with Gasteiger partial charge in [0.25, 0.3) is 0 Å². The van der Waals surface area contributed by atoms with Crippen LogP contribution in [0.25, 0.3) is 0 Å². The van der Waals surface area contributed by atoms with Gasteiger partial charge in [0, 0.05) is 17.8 Å². The second-order valence-electron chi connectivity index (χ2n) is 2.66. The van der Waals surface area contributed by atoms with Crippen LogP contribution in [-0.2, 0) is 6.42 Å². The standard InChI is InChI=1S/C10H11NO/c1-3-10(12)7-9-6-4-5-8(2)11-9/h1,4-6,10,12H,7H2,2H3. The zero-order chi connectivity index (χ0) is 8.97. The van der Waals surface area contributed by atoms with Crippen LogP contribution >= 0.6 is 0 Å². The zero-order valence-electron chi connectivity index (χ0n) is 6.99. The molecule has 0 amide bonds. The minimum atomic E-state index is -0.723. The van der Waals surface area contributed by atoms with Gasteiger partial charge >= 0.3 is 0 Å². The molecule has 1 aromatic rings. The van der Waals surface area contributed by atoms with E-state index in [0.29, 0.717) is 6.42 Å². The number of nitrogens with zero attached hydrogens (tertiary/aromatic N) is 1. The van der Waals surface area contributed by atoms with Gasteiger partial charge in [0.05, 0.1) is 0 Å². The Hall–Kier alpha value is -1.33. The van der Waals surface area contributed by atoms with Crippen LogP contribution in [0, 0.1) is 19.3 Å². The molecule has 0 aliphatic carbocycles. The molecule has 1 aromatic heterocycles. The van der Waals surface area contributed by atoms with Crippen LogP contribution in [0.2, 0.25) is 0 Å². The summed E-state index contributed by atoms with van der Waals surface area (Å²) in [4.78, 5) is 4.21. The molecule has 0 spiro atoms. The third-order valence-electron chi connectivity index (χ3n) is 1.54. The van der Waals surface area contributed by atoms with Crippen molar-refractivity contribution in [3.63, 3.8) is 0 Å². The Morgan fingerprint density at radius 1 is 1.67 bits per heavy atom. The second kappa shape index (κ2) is 3.89. The summed E-state index contributed by atoms with van der Waals surface area (Å²) in [6.45, 7) is 1.91. The average Bonchev–Trinajstić information content (AvgIpc) is 2.04. The third kappa shape index (κ3) is 2.37. The van der Waals surface area contributed by atoms with Crippen LogP contribution in [0.5, 0.6) is 0 Å². The summed E-state index contributed by atoms with van der Waals surface area (Å²) in [7, 11) is 0. The lowest BCUT2D eigenvalue weighted by atomic mass is 10.2. The van der Waals surface area contributed by atoms with Crippen LogP contribution in [0.3, 0.4) is 0 Å². The van der Waals surface area contributed by atoms with Gasteiger partial charge in [-0.25, -0.2) is 0 Å². The molecule has 0 fully saturated rings. The molecule has 1 rings (SSSR count). The van der Waals surface area contributed by atoms with Crippen LogP contribution in [0.15, 0.2) is 18.2 Å². The summed E-state index contributed by atoms with van der Waals surface area (Å²) >= 11 is 0. The molecule has 1 unspecified atom stereocenters. The molecule has 1 atom stereocenters. The maximum atomic E-state index is 9.13. The monoisotopic (exact) mass is 161 g/mol. The summed E-state index contributed by atoms with van der Waals surface area (Å²) in [5.41, 5.74) is 1.78. The third-order valence-corrected chi connectivity index (χ3v) is 1.54. The lowest BCUT2D eigenvalue weighted by Crippen LogP contribution is -2.08. The molecule has 0 radical (unpaired) electrons. The maximum Gasteiger partial charge on any atom is 0.120 e. The van der Waals surface area contributed by atoms with Crippen molar-refractivity contribution >= 4 is 0 Å². The molecular weight excluding hydrogens is 150 g/mol. The van der Waals surface area contributed by atoms with Gasteiger partial charge in [0.15, 0.2) is 0 Å². The van der Waals surface area contributed by atoms with Crippen molar-refractivity contribution in [3.05, 3.63) is 29.6 Å². The van der Waals surface area contributed by atoms with E-state index in [2.05, 4.69) is 10.9 Å². The fourth-order valence-corrected chi connectivity index (χ4v) is 0.970. The topological polar surface area (TPSA) is 33.1 Å². The summed E-state index contributed by atoms with van der Waals surface area (Å²) in [6.07, 6.45) is 4.74. The Morgan fingerprint density at radius 3 is 3.00 bits per heavy atom. The molecule has 1 heterocycles. The number of aliphatic hydroxyl groups excluding tert-OH is 1. The first-order valence-corrected chi connectivity index (χ1v) is 3.79. The highest BCUT2D eigenvalue weighted by Gasteiger charge is 2.01. The molecule has 0 saturated carbocycles. The van der Waals surface area contributed by atoms with E-state index in [1.165, 1.54) is 0 Å². The summed E-state index contributed by atoms with van der Waals surface area (Å²) < 4.78 is 0. The van der Waals surface area contributed by atoms with Gasteiger partial charge < -0.3 is 5.11 Å². The highest BCUT2D eigenvalue weighted by Crippen LogP contribution is 2.01. The molecule has 1 N–H and O–H groups in total. The number of pyridine rings is 1. The van der Waals surface area contributed by atoms with Crippen LogP contribution in [-0.4, -0.2) is 16.2 Å². The van der Waals surface area contributed by atoms with Gasteiger partial charge in [-0.15, -0.1) is 6.42 Å². The van der Waals surface area contributed by atoms with E-state index in [9.17, 15) is 0 Å². The largest absolute Gasteiger partial charge is 0.380 e. The van der Waals surface area contributed by atoms with E-state index in [1.807, 2.05) is 25.1 Å². The zero-order valence-corrected chi connectivity index (χ0v) is 6.99. The Balaban J connectivity index is 2.71. The predicted molar refractivity (Wildman–Crippen MR) is 47.5 cm³/mol. The quantitative estimate of drug-likeness (QED) is 0.654. The van der Waals surface area contributed by atoms with E-state index in [1.54, 1.807) is 0 Å². The van der Waals surface area contributed by atoms with E-state index in [0.717, 1.165) is 11.4 Å². The number of rotatable bonds is 2. The fraction of sp³-hybridized carbons (Fsp3) is 0.300. The number of hydrogen-bond acceptors (Lipinski definition) is 2. The second-order valence-corrected chi connectivity index (χ2v) is 2.66. The first-order chi connectivity index (χ1) is 5.72. The Kier molecular flexibility index (Phi) is 2.84. The average molecular weight is 161 g/mol. The molecular formula is C10H11NO. The van der Waals surface area contributed by atoms with E-state index < -0.39 is 6.10 Å². The minimum Gasteiger partial charge on any atom is -0.380 e. The molecule has 2 heteroatoms. The van der Waals surface area contributed by atoms with E-state index >= 15 is 0 Å². The van der Waals surface area contributed by atoms with Gasteiger partial charge in [-0.2, -0.15) is 0 Å². The Labute approximate surface area is 72.3 Å². The maximum absolute atomic E-state index is 9.13. The first-order valence-electron chi connectivity index (χ1n) is 3.79.